The van der Waals surface area contributed by atoms with Crippen LogP contribution in [0.2, 0.25) is 5.02 Å². The molecule has 4 heterocycles. The number of carbonyl (C=O) groups excluding carboxylic acids is 1. The minimum absolute atomic E-state index is 0.175. The zero-order valence-electron chi connectivity index (χ0n) is 14.9. The average molecular weight is 398 g/mol. The first-order chi connectivity index (χ1) is 13.2. The van der Waals surface area contributed by atoms with Crippen LogP contribution < -0.4 is 10.2 Å². The molecule has 0 atom stereocenters. The Kier molecular flexibility index (Phi) is 4.10. The van der Waals surface area contributed by atoms with Gasteiger partial charge in [0.15, 0.2) is 0 Å². The normalized spacial score (nSPS) is 19.0. The Balaban J connectivity index is 1.53. The van der Waals surface area contributed by atoms with Gasteiger partial charge in [-0.15, -0.1) is 11.3 Å². The number of thiophene rings is 1. The molecule has 0 aliphatic carbocycles. The molecule has 27 heavy (non-hydrogen) atoms. The number of piperidine rings is 1. The van der Waals surface area contributed by atoms with Crippen LogP contribution in [-0.4, -0.2) is 30.5 Å². The van der Waals surface area contributed by atoms with Gasteiger partial charge in [-0.25, -0.2) is 0 Å². The number of nitrogens with zero attached hydrogens (tertiary/aromatic N) is 2. The molecule has 3 aromatic rings. The van der Waals surface area contributed by atoms with Gasteiger partial charge in [-0.3, -0.25) is 9.78 Å². The number of fused-ring (bicyclic) bond motifs is 1. The molecule has 5 rings (SSSR count). The summed E-state index contributed by atoms with van der Waals surface area (Å²) in [7, 11) is 0. The van der Waals surface area contributed by atoms with Gasteiger partial charge < -0.3 is 10.2 Å². The number of aromatic nitrogens is 1. The Morgan fingerprint density at radius 2 is 1.93 bits per heavy atom. The molecule has 4 nitrogen and oxygen atoms in total. The average Bonchev–Trinajstić information content (AvgIpc) is 3.27. The molecule has 1 aromatic carbocycles. The van der Waals surface area contributed by atoms with E-state index in [4.69, 9.17) is 11.6 Å². The van der Waals surface area contributed by atoms with Crippen molar-refractivity contribution in [3.8, 4) is 11.1 Å². The van der Waals surface area contributed by atoms with E-state index < -0.39 is 0 Å². The van der Waals surface area contributed by atoms with Crippen LogP contribution in [0.1, 0.15) is 19.3 Å². The summed E-state index contributed by atoms with van der Waals surface area (Å²) in [5.41, 5.74) is 3.13. The predicted molar refractivity (Wildman–Crippen MR) is 112 cm³/mol. The molecule has 2 aromatic heterocycles. The topological polar surface area (TPSA) is 45.2 Å². The fourth-order valence-corrected chi connectivity index (χ4v) is 5.72. The van der Waals surface area contributed by atoms with E-state index in [-0.39, 0.29) is 11.3 Å². The van der Waals surface area contributed by atoms with Crippen molar-refractivity contribution in [3.05, 3.63) is 47.1 Å². The Bertz CT molecular complexity index is 1020. The zero-order chi connectivity index (χ0) is 18.4. The van der Waals surface area contributed by atoms with Gasteiger partial charge in [0.25, 0.3) is 0 Å². The maximum atomic E-state index is 12.3. The lowest BCUT2D eigenvalue weighted by atomic mass is 9.77. The van der Waals surface area contributed by atoms with Crippen molar-refractivity contribution in [2.75, 3.05) is 24.5 Å². The SMILES string of the molecule is O=C1NCCC12CCN(c1c(Cl)cncc1-c1csc3ccccc13)CC2. The number of hydrogen-bond donors (Lipinski definition) is 1. The molecule has 2 fully saturated rings. The standard InChI is InChI=1S/C21H20ClN3OS/c22-17-12-23-11-15(16-13-27-18-4-2-1-3-14(16)18)19(17)25-9-6-21(7-10-25)5-8-24-20(21)26/h1-4,11-13H,5-10H2,(H,24,26). The van der Waals surface area contributed by atoms with E-state index in [1.165, 1.54) is 15.6 Å². The third-order valence-electron chi connectivity index (χ3n) is 6.05. The van der Waals surface area contributed by atoms with Crippen LogP contribution in [-0.2, 0) is 4.79 Å². The second kappa shape index (κ2) is 6.50. The first-order valence-electron chi connectivity index (χ1n) is 9.31. The van der Waals surface area contributed by atoms with Crippen LogP contribution in [0, 0.1) is 5.41 Å². The second-order valence-corrected chi connectivity index (χ2v) is 8.75. The molecule has 2 aliphatic heterocycles. The Labute approximate surface area is 167 Å². The largest absolute Gasteiger partial charge is 0.370 e. The van der Waals surface area contributed by atoms with Gasteiger partial charge in [-0.2, -0.15) is 0 Å². The van der Waals surface area contributed by atoms with Gasteiger partial charge in [-0.05, 0) is 30.7 Å². The minimum atomic E-state index is -0.175. The monoisotopic (exact) mass is 397 g/mol. The molecule has 0 saturated carbocycles. The lowest BCUT2D eigenvalue weighted by Crippen LogP contribution is -2.44. The Hall–Kier alpha value is -2.11. The predicted octanol–water partition coefficient (Wildman–Crippen LogP) is 4.72. The van der Waals surface area contributed by atoms with E-state index in [0.29, 0.717) is 5.02 Å². The highest BCUT2D eigenvalue weighted by atomic mass is 35.5. The molecule has 2 aliphatic rings. The van der Waals surface area contributed by atoms with Crippen LogP contribution in [0.15, 0.2) is 42.0 Å². The maximum Gasteiger partial charge on any atom is 0.226 e. The molecule has 0 unspecified atom stereocenters. The van der Waals surface area contributed by atoms with Crippen LogP contribution in [0.25, 0.3) is 21.2 Å². The van der Waals surface area contributed by atoms with Crippen LogP contribution in [0.3, 0.4) is 0 Å². The number of amides is 1. The van der Waals surface area contributed by atoms with Crippen molar-refractivity contribution in [1.82, 2.24) is 10.3 Å². The van der Waals surface area contributed by atoms with Gasteiger partial charge in [0.1, 0.15) is 0 Å². The smallest absolute Gasteiger partial charge is 0.226 e. The summed E-state index contributed by atoms with van der Waals surface area (Å²) in [6.07, 6.45) is 6.35. The van der Waals surface area contributed by atoms with Crippen molar-refractivity contribution in [2.45, 2.75) is 19.3 Å². The molecule has 138 valence electrons. The van der Waals surface area contributed by atoms with Gasteiger partial charge in [0.2, 0.25) is 5.91 Å². The second-order valence-electron chi connectivity index (χ2n) is 7.44. The summed E-state index contributed by atoms with van der Waals surface area (Å²) in [6.45, 7) is 2.49. The van der Waals surface area contributed by atoms with Crippen LogP contribution in [0.4, 0.5) is 5.69 Å². The van der Waals surface area contributed by atoms with Crippen molar-refractivity contribution in [2.24, 2.45) is 5.41 Å². The number of anilines is 1. The summed E-state index contributed by atoms with van der Waals surface area (Å²) in [4.78, 5) is 19.0. The molecule has 1 N–H and O–H groups in total. The van der Waals surface area contributed by atoms with Crippen molar-refractivity contribution in [1.29, 1.82) is 0 Å². The van der Waals surface area contributed by atoms with Crippen LogP contribution >= 0.6 is 22.9 Å². The summed E-state index contributed by atoms with van der Waals surface area (Å²) < 4.78 is 1.26. The third-order valence-corrected chi connectivity index (χ3v) is 7.29. The van der Waals surface area contributed by atoms with Crippen LogP contribution in [0.5, 0.6) is 0 Å². The number of rotatable bonds is 2. The number of pyridine rings is 1. The zero-order valence-corrected chi connectivity index (χ0v) is 16.4. The van der Waals surface area contributed by atoms with Crippen molar-refractivity contribution in [3.63, 3.8) is 0 Å². The van der Waals surface area contributed by atoms with E-state index in [0.717, 1.165) is 50.1 Å². The quantitative estimate of drug-likeness (QED) is 0.680. The number of benzene rings is 1. The first-order valence-corrected chi connectivity index (χ1v) is 10.6. The van der Waals surface area contributed by atoms with E-state index >= 15 is 0 Å². The highest BCUT2D eigenvalue weighted by molar-refractivity contribution is 7.17. The number of carbonyl (C=O) groups is 1. The fourth-order valence-electron chi connectivity index (χ4n) is 4.48. The molecule has 1 spiro atoms. The third kappa shape index (κ3) is 2.72. The van der Waals surface area contributed by atoms with Crippen molar-refractivity contribution >= 4 is 44.6 Å². The van der Waals surface area contributed by atoms with E-state index in [2.05, 4.69) is 44.8 Å². The molecule has 0 radical (unpaired) electrons. The summed E-state index contributed by atoms with van der Waals surface area (Å²) in [6, 6.07) is 8.43. The number of halogens is 1. The summed E-state index contributed by atoms with van der Waals surface area (Å²) in [5.74, 6) is 0.229. The molecule has 0 bridgehead atoms. The van der Waals surface area contributed by atoms with Gasteiger partial charge >= 0.3 is 0 Å². The molecular formula is C21H20ClN3OS. The lowest BCUT2D eigenvalue weighted by Gasteiger charge is -2.39. The molecule has 2 saturated heterocycles. The molecule has 1 amide bonds. The van der Waals surface area contributed by atoms with Gasteiger partial charge in [0, 0.05) is 53.2 Å². The number of nitrogens with one attached hydrogen (secondary N) is 1. The molecule has 6 heteroatoms. The minimum Gasteiger partial charge on any atom is -0.370 e. The highest BCUT2D eigenvalue weighted by Crippen LogP contribution is 2.45. The summed E-state index contributed by atoms with van der Waals surface area (Å²) >= 11 is 8.37. The van der Waals surface area contributed by atoms with Crippen molar-refractivity contribution < 1.29 is 4.79 Å². The summed E-state index contributed by atoms with van der Waals surface area (Å²) in [5, 5.41) is 7.11. The van der Waals surface area contributed by atoms with E-state index in [1.54, 1.807) is 17.5 Å². The number of hydrogen-bond acceptors (Lipinski definition) is 4. The van der Waals surface area contributed by atoms with E-state index in [9.17, 15) is 4.79 Å². The fraction of sp³-hybridized carbons (Fsp3) is 0.333. The van der Waals surface area contributed by atoms with Gasteiger partial charge in [0.05, 0.1) is 16.1 Å². The van der Waals surface area contributed by atoms with E-state index in [1.807, 2.05) is 6.20 Å². The Morgan fingerprint density at radius 3 is 2.70 bits per heavy atom. The maximum absolute atomic E-state index is 12.3. The first kappa shape index (κ1) is 17.0. The van der Waals surface area contributed by atoms with Gasteiger partial charge in [-0.1, -0.05) is 29.8 Å². The highest BCUT2D eigenvalue weighted by Gasteiger charge is 2.44. The molecular weight excluding hydrogens is 378 g/mol. The lowest BCUT2D eigenvalue weighted by molar-refractivity contribution is -0.128. The Morgan fingerprint density at radius 1 is 1.11 bits per heavy atom.